The summed E-state index contributed by atoms with van der Waals surface area (Å²) >= 11 is 1.23. The van der Waals surface area contributed by atoms with E-state index in [1.165, 1.54) is 28.6 Å². The number of aromatic nitrogens is 3. The molecule has 1 fully saturated rings. The lowest BCUT2D eigenvalue weighted by Gasteiger charge is -2.15. The second-order valence-corrected chi connectivity index (χ2v) is 6.61. The molecule has 1 saturated heterocycles. The predicted molar refractivity (Wildman–Crippen MR) is 83.7 cm³/mol. The Kier molecular flexibility index (Phi) is 3.98. The summed E-state index contributed by atoms with van der Waals surface area (Å²) in [6, 6.07) is 7.56. The first kappa shape index (κ1) is 14.8. The van der Waals surface area contributed by atoms with Crippen LogP contribution in [0.1, 0.15) is 31.7 Å². The number of hydrogen-bond donors (Lipinski definition) is 1. The number of imide groups is 1. The fourth-order valence-corrected chi connectivity index (χ4v) is 3.28. The zero-order valence-corrected chi connectivity index (χ0v) is 13.1. The van der Waals surface area contributed by atoms with Crippen LogP contribution in [0.5, 0.6) is 0 Å². The quantitative estimate of drug-likeness (QED) is 0.876. The third kappa shape index (κ3) is 2.76. The van der Waals surface area contributed by atoms with Gasteiger partial charge in [0.2, 0.25) is 11.8 Å². The van der Waals surface area contributed by atoms with Crippen LogP contribution < -0.4 is 4.90 Å². The van der Waals surface area contributed by atoms with E-state index < -0.39 is 5.25 Å². The molecule has 1 aliphatic rings. The molecule has 1 aromatic carbocycles. The normalized spacial score (nSPS) is 18.5. The van der Waals surface area contributed by atoms with E-state index in [-0.39, 0.29) is 18.2 Å². The van der Waals surface area contributed by atoms with Crippen molar-refractivity contribution in [3.63, 3.8) is 0 Å². The average Bonchev–Trinajstić information content (AvgIpc) is 3.09. The highest BCUT2D eigenvalue weighted by Crippen LogP contribution is 2.32. The first-order valence-electron chi connectivity index (χ1n) is 7.05. The molecule has 0 bridgehead atoms. The molecule has 1 atom stereocenters. The standard InChI is InChI=1S/C15H16N4O2S/c1-9(2)10-3-5-11(6-4-10)19-13(20)7-12(14(19)21)22-15-16-8-17-18-15/h3-6,8-9,12H,7H2,1-2H3,(H,16,17,18)/t12-/m0/s1. The smallest absolute Gasteiger partial charge is 0.247 e. The van der Waals surface area contributed by atoms with E-state index in [0.717, 1.165) is 0 Å². The Morgan fingerprint density at radius 2 is 2.00 bits per heavy atom. The largest absolute Gasteiger partial charge is 0.274 e. The highest BCUT2D eigenvalue weighted by atomic mass is 32.2. The summed E-state index contributed by atoms with van der Waals surface area (Å²) in [5, 5.41) is 6.53. The number of rotatable bonds is 4. The number of carbonyl (C=O) groups excluding carboxylic acids is 2. The Morgan fingerprint density at radius 3 is 2.59 bits per heavy atom. The highest BCUT2D eigenvalue weighted by Gasteiger charge is 2.40. The van der Waals surface area contributed by atoms with Crippen LogP contribution in [-0.4, -0.2) is 32.2 Å². The van der Waals surface area contributed by atoms with Crippen LogP contribution in [0, 0.1) is 0 Å². The van der Waals surface area contributed by atoms with Crippen molar-refractivity contribution in [3.8, 4) is 0 Å². The third-order valence-corrected chi connectivity index (χ3v) is 4.64. The van der Waals surface area contributed by atoms with Crippen molar-refractivity contribution in [1.82, 2.24) is 15.2 Å². The summed E-state index contributed by atoms with van der Waals surface area (Å²) < 4.78 is 0. The molecule has 0 radical (unpaired) electrons. The van der Waals surface area contributed by atoms with Crippen molar-refractivity contribution in [1.29, 1.82) is 0 Å². The van der Waals surface area contributed by atoms with Crippen LogP contribution in [0.25, 0.3) is 0 Å². The van der Waals surface area contributed by atoms with Gasteiger partial charge in [0, 0.05) is 6.42 Å². The second kappa shape index (κ2) is 5.92. The van der Waals surface area contributed by atoms with E-state index in [2.05, 4.69) is 29.0 Å². The van der Waals surface area contributed by atoms with Crippen molar-refractivity contribution < 1.29 is 9.59 Å². The van der Waals surface area contributed by atoms with E-state index >= 15 is 0 Å². The van der Waals surface area contributed by atoms with Crippen molar-refractivity contribution in [2.45, 2.75) is 36.6 Å². The molecule has 0 aliphatic carbocycles. The Labute approximate surface area is 132 Å². The Morgan fingerprint density at radius 1 is 1.27 bits per heavy atom. The van der Waals surface area contributed by atoms with E-state index in [0.29, 0.717) is 16.8 Å². The molecular weight excluding hydrogens is 300 g/mol. The zero-order chi connectivity index (χ0) is 15.7. The van der Waals surface area contributed by atoms with E-state index in [1.54, 1.807) is 0 Å². The molecular formula is C15H16N4O2S. The summed E-state index contributed by atoms with van der Waals surface area (Å²) in [5.74, 6) is 0.0248. The number of H-pyrrole nitrogens is 1. The van der Waals surface area contributed by atoms with Gasteiger partial charge in [-0.3, -0.25) is 14.7 Å². The van der Waals surface area contributed by atoms with Gasteiger partial charge in [0.05, 0.1) is 5.69 Å². The number of carbonyl (C=O) groups is 2. The molecule has 1 aromatic heterocycles. The maximum Gasteiger partial charge on any atom is 0.247 e. The molecule has 2 heterocycles. The Balaban J connectivity index is 1.79. The van der Waals surface area contributed by atoms with Gasteiger partial charge in [0.15, 0.2) is 5.16 Å². The van der Waals surface area contributed by atoms with Gasteiger partial charge in [-0.2, -0.15) is 5.10 Å². The molecule has 1 aliphatic heterocycles. The molecule has 114 valence electrons. The maximum absolute atomic E-state index is 12.5. The van der Waals surface area contributed by atoms with E-state index in [1.807, 2.05) is 24.3 Å². The van der Waals surface area contributed by atoms with E-state index in [9.17, 15) is 9.59 Å². The highest BCUT2D eigenvalue weighted by molar-refractivity contribution is 8.00. The summed E-state index contributed by atoms with van der Waals surface area (Å²) in [6.45, 7) is 4.20. The van der Waals surface area contributed by atoms with Gasteiger partial charge < -0.3 is 0 Å². The lowest BCUT2D eigenvalue weighted by atomic mass is 10.0. The molecule has 7 heteroatoms. The topological polar surface area (TPSA) is 79.0 Å². The SMILES string of the molecule is CC(C)c1ccc(N2C(=O)C[C@H](Sc3ncn[nH]3)C2=O)cc1. The zero-order valence-electron chi connectivity index (χ0n) is 12.3. The van der Waals surface area contributed by atoms with Crippen LogP contribution in [0.15, 0.2) is 35.7 Å². The number of nitrogens with zero attached hydrogens (tertiary/aromatic N) is 3. The molecule has 2 amide bonds. The van der Waals surface area contributed by atoms with Crippen LogP contribution >= 0.6 is 11.8 Å². The third-order valence-electron chi connectivity index (χ3n) is 3.57. The summed E-state index contributed by atoms with van der Waals surface area (Å²) in [4.78, 5) is 29.9. The molecule has 1 N–H and O–H groups in total. The Hall–Kier alpha value is -2.15. The van der Waals surface area contributed by atoms with Gasteiger partial charge in [-0.25, -0.2) is 9.88 Å². The average molecular weight is 316 g/mol. The van der Waals surface area contributed by atoms with Crippen molar-refractivity contribution in [3.05, 3.63) is 36.2 Å². The fraction of sp³-hybridized carbons (Fsp3) is 0.333. The van der Waals surface area contributed by atoms with Crippen LogP contribution in [-0.2, 0) is 9.59 Å². The molecule has 2 aromatic rings. The molecule has 22 heavy (non-hydrogen) atoms. The lowest BCUT2D eigenvalue weighted by Crippen LogP contribution is -2.31. The molecule has 0 unspecified atom stereocenters. The number of benzene rings is 1. The second-order valence-electron chi connectivity index (χ2n) is 5.41. The molecule has 0 spiro atoms. The van der Waals surface area contributed by atoms with Gasteiger partial charge in [0.25, 0.3) is 0 Å². The minimum Gasteiger partial charge on any atom is -0.274 e. The van der Waals surface area contributed by atoms with Crippen LogP contribution in [0.2, 0.25) is 0 Å². The first-order chi connectivity index (χ1) is 10.6. The minimum absolute atomic E-state index is 0.177. The number of thioether (sulfide) groups is 1. The lowest BCUT2D eigenvalue weighted by molar-refractivity contribution is -0.121. The van der Waals surface area contributed by atoms with Crippen molar-refractivity contribution in [2.75, 3.05) is 4.90 Å². The molecule has 3 rings (SSSR count). The number of nitrogens with one attached hydrogen (secondary N) is 1. The van der Waals surface area contributed by atoms with Crippen LogP contribution in [0.4, 0.5) is 5.69 Å². The summed E-state index contributed by atoms with van der Waals surface area (Å²) in [6.07, 6.45) is 1.56. The number of amides is 2. The number of hydrogen-bond acceptors (Lipinski definition) is 5. The Bertz CT molecular complexity index is 682. The maximum atomic E-state index is 12.5. The first-order valence-corrected chi connectivity index (χ1v) is 7.93. The van der Waals surface area contributed by atoms with Gasteiger partial charge in [-0.15, -0.1) is 0 Å². The molecule has 0 saturated carbocycles. The minimum atomic E-state index is -0.453. The van der Waals surface area contributed by atoms with Crippen molar-refractivity contribution in [2.24, 2.45) is 0 Å². The number of aromatic amines is 1. The van der Waals surface area contributed by atoms with Crippen LogP contribution in [0.3, 0.4) is 0 Å². The predicted octanol–water partition coefficient (Wildman–Crippen LogP) is 2.35. The van der Waals surface area contributed by atoms with Gasteiger partial charge in [-0.05, 0) is 23.6 Å². The fourth-order valence-electron chi connectivity index (χ4n) is 2.36. The molecule has 6 nitrogen and oxygen atoms in total. The summed E-state index contributed by atoms with van der Waals surface area (Å²) in [7, 11) is 0. The van der Waals surface area contributed by atoms with E-state index in [4.69, 9.17) is 0 Å². The van der Waals surface area contributed by atoms with Gasteiger partial charge >= 0.3 is 0 Å². The van der Waals surface area contributed by atoms with Gasteiger partial charge in [0.1, 0.15) is 11.6 Å². The summed E-state index contributed by atoms with van der Waals surface area (Å²) in [5.41, 5.74) is 1.80. The van der Waals surface area contributed by atoms with Gasteiger partial charge in [-0.1, -0.05) is 37.7 Å². The van der Waals surface area contributed by atoms with Crippen molar-refractivity contribution >= 4 is 29.3 Å². The number of anilines is 1. The monoisotopic (exact) mass is 316 g/mol.